The molecule has 9 heteroatoms. The number of carbonyl (C=O) groups excluding carboxylic acids is 2. The fraction of sp³-hybridized carbons (Fsp3) is 0.571. The summed E-state index contributed by atoms with van der Waals surface area (Å²) in [5, 5.41) is 5.21. The zero-order valence-electron chi connectivity index (χ0n) is 17.5. The van der Waals surface area contributed by atoms with Gasteiger partial charge in [0.1, 0.15) is 5.60 Å². The lowest BCUT2D eigenvalue weighted by atomic mass is 9.99. The SMILES string of the molecule is Cc1cc2nn(CC3CN(C(=O)OC(C)(C)C)C3)cc2cc1C(=O)CCC(F)(F)F. The molecule has 1 amide bonds. The van der Waals surface area contributed by atoms with Gasteiger partial charge in [-0.25, -0.2) is 4.79 Å². The molecule has 1 saturated heterocycles. The molecule has 1 aliphatic heterocycles. The molecule has 6 nitrogen and oxygen atoms in total. The Morgan fingerprint density at radius 1 is 1.20 bits per heavy atom. The van der Waals surface area contributed by atoms with E-state index in [2.05, 4.69) is 5.10 Å². The van der Waals surface area contributed by atoms with Gasteiger partial charge in [-0.2, -0.15) is 18.3 Å². The Balaban J connectivity index is 1.63. The van der Waals surface area contributed by atoms with Gasteiger partial charge in [-0.3, -0.25) is 9.48 Å². The number of ketones is 1. The van der Waals surface area contributed by atoms with Crippen molar-refractivity contribution in [3.05, 3.63) is 29.5 Å². The summed E-state index contributed by atoms with van der Waals surface area (Å²) in [6.45, 7) is 8.91. The first-order valence-corrected chi connectivity index (χ1v) is 9.86. The summed E-state index contributed by atoms with van der Waals surface area (Å²) < 4.78 is 44.3. The largest absolute Gasteiger partial charge is 0.444 e. The van der Waals surface area contributed by atoms with Crippen molar-refractivity contribution in [2.24, 2.45) is 5.92 Å². The second-order valence-corrected chi connectivity index (χ2v) is 8.87. The minimum Gasteiger partial charge on any atom is -0.444 e. The van der Waals surface area contributed by atoms with Gasteiger partial charge < -0.3 is 9.64 Å². The summed E-state index contributed by atoms with van der Waals surface area (Å²) in [7, 11) is 0. The monoisotopic (exact) mass is 425 g/mol. The molecule has 1 aromatic heterocycles. The lowest BCUT2D eigenvalue weighted by molar-refractivity contribution is -0.133. The van der Waals surface area contributed by atoms with Crippen molar-refractivity contribution in [1.29, 1.82) is 0 Å². The topological polar surface area (TPSA) is 64.4 Å². The Bertz CT molecular complexity index is 954. The number of rotatable bonds is 5. The van der Waals surface area contributed by atoms with Crippen molar-refractivity contribution in [3.63, 3.8) is 0 Å². The number of hydrogen-bond acceptors (Lipinski definition) is 4. The molecule has 2 heterocycles. The van der Waals surface area contributed by atoms with Crippen LogP contribution in [0, 0.1) is 12.8 Å². The van der Waals surface area contributed by atoms with Crippen LogP contribution < -0.4 is 0 Å². The molecular weight excluding hydrogens is 399 g/mol. The van der Waals surface area contributed by atoms with E-state index in [0.717, 1.165) is 0 Å². The average molecular weight is 425 g/mol. The van der Waals surface area contributed by atoms with Crippen LogP contribution in [-0.2, 0) is 11.3 Å². The Kier molecular flexibility index (Phi) is 5.84. The van der Waals surface area contributed by atoms with Crippen molar-refractivity contribution >= 4 is 22.8 Å². The smallest absolute Gasteiger partial charge is 0.410 e. The van der Waals surface area contributed by atoms with Crippen molar-refractivity contribution in [2.75, 3.05) is 13.1 Å². The number of benzene rings is 1. The van der Waals surface area contributed by atoms with E-state index in [9.17, 15) is 22.8 Å². The third kappa shape index (κ3) is 5.52. The van der Waals surface area contributed by atoms with Crippen molar-refractivity contribution in [2.45, 2.75) is 58.9 Å². The first-order chi connectivity index (χ1) is 13.8. The molecule has 164 valence electrons. The van der Waals surface area contributed by atoms with Crippen LogP contribution in [0.1, 0.15) is 49.5 Å². The summed E-state index contributed by atoms with van der Waals surface area (Å²) in [4.78, 5) is 25.9. The summed E-state index contributed by atoms with van der Waals surface area (Å²) in [6, 6.07) is 3.33. The number of Topliss-reactive ketones (excluding diaryl/α,β-unsaturated/α-hetero) is 1. The maximum Gasteiger partial charge on any atom is 0.410 e. The lowest BCUT2D eigenvalue weighted by Crippen LogP contribution is -2.52. The molecule has 0 bridgehead atoms. The number of aryl methyl sites for hydroxylation is 1. The highest BCUT2D eigenvalue weighted by Crippen LogP contribution is 2.26. The Labute approximate surface area is 173 Å². The van der Waals surface area contributed by atoms with Crippen LogP contribution in [0.15, 0.2) is 18.3 Å². The molecule has 0 aliphatic carbocycles. The van der Waals surface area contributed by atoms with Crippen LogP contribution in [-0.4, -0.2) is 51.4 Å². The third-order valence-corrected chi connectivity index (χ3v) is 4.89. The zero-order chi connectivity index (χ0) is 22.3. The molecule has 1 fully saturated rings. The highest BCUT2D eigenvalue weighted by Gasteiger charge is 2.34. The van der Waals surface area contributed by atoms with Gasteiger partial charge in [-0.15, -0.1) is 0 Å². The fourth-order valence-electron chi connectivity index (χ4n) is 3.44. The zero-order valence-corrected chi connectivity index (χ0v) is 17.5. The van der Waals surface area contributed by atoms with Crippen LogP contribution in [0.4, 0.5) is 18.0 Å². The van der Waals surface area contributed by atoms with E-state index in [-0.39, 0.29) is 12.0 Å². The second-order valence-electron chi connectivity index (χ2n) is 8.87. The Hall–Kier alpha value is -2.58. The number of likely N-dealkylation sites (tertiary alicyclic amines) is 1. The summed E-state index contributed by atoms with van der Waals surface area (Å²) in [5.41, 5.74) is 1.06. The van der Waals surface area contributed by atoms with E-state index < -0.39 is 30.4 Å². The van der Waals surface area contributed by atoms with E-state index in [0.29, 0.717) is 41.7 Å². The number of carbonyl (C=O) groups is 2. The molecule has 0 spiro atoms. The normalized spacial score (nSPS) is 15.4. The minimum absolute atomic E-state index is 0.237. The second kappa shape index (κ2) is 7.92. The highest BCUT2D eigenvalue weighted by atomic mass is 19.4. The van der Waals surface area contributed by atoms with E-state index in [1.165, 1.54) is 0 Å². The maximum absolute atomic E-state index is 12.4. The minimum atomic E-state index is -4.35. The number of alkyl halides is 3. The predicted octanol–water partition coefficient (Wildman–Crippen LogP) is 4.74. The van der Waals surface area contributed by atoms with Crippen LogP contribution in [0.3, 0.4) is 0 Å². The number of aromatic nitrogens is 2. The quantitative estimate of drug-likeness (QED) is 0.650. The van der Waals surface area contributed by atoms with E-state index in [1.54, 1.807) is 34.8 Å². The van der Waals surface area contributed by atoms with Gasteiger partial charge in [0.15, 0.2) is 5.78 Å². The van der Waals surface area contributed by atoms with Gasteiger partial charge in [0.05, 0.1) is 11.9 Å². The maximum atomic E-state index is 12.4. The molecule has 1 aliphatic rings. The number of ether oxygens (including phenoxy) is 1. The molecular formula is C21H26F3N3O3. The lowest BCUT2D eigenvalue weighted by Gasteiger charge is -2.39. The van der Waals surface area contributed by atoms with E-state index in [4.69, 9.17) is 4.74 Å². The Morgan fingerprint density at radius 3 is 2.47 bits per heavy atom. The molecule has 3 rings (SSSR count). The van der Waals surface area contributed by atoms with E-state index >= 15 is 0 Å². The molecule has 0 radical (unpaired) electrons. The standard InChI is InChI=1S/C21H26F3N3O3/c1-13-7-17-15(8-16(13)18(28)5-6-21(22,23)24)12-27(25-17)11-14-9-26(10-14)19(29)30-20(2,3)4/h7-8,12,14H,5-6,9-11H2,1-4H3. The van der Waals surface area contributed by atoms with Crippen LogP contribution in [0.25, 0.3) is 10.9 Å². The van der Waals surface area contributed by atoms with Crippen molar-refractivity contribution in [3.8, 4) is 0 Å². The molecule has 1 aromatic carbocycles. The van der Waals surface area contributed by atoms with Gasteiger partial charge in [-0.1, -0.05) is 0 Å². The van der Waals surface area contributed by atoms with Crippen LogP contribution >= 0.6 is 0 Å². The number of halogens is 3. The summed E-state index contributed by atoms with van der Waals surface area (Å²) in [6.07, 6.45) is -4.59. The number of hydrogen-bond donors (Lipinski definition) is 0. The van der Waals surface area contributed by atoms with Gasteiger partial charge in [-0.05, 0) is 45.4 Å². The number of fused-ring (bicyclic) bond motifs is 1. The number of nitrogens with zero attached hydrogens (tertiary/aromatic N) is 3. The number of amides is 1. The van der Waals surface area contributed by atoms with Gasteiger partial charge in [0.2, 0.25) is 0 Å². The van der Waals surface area contributed by atoms with Crippen molar-refractivity contribution < 1.29 is 27.5 Å². The van der Waals surface area contributed by atoms with Crippen LogP contribution in [0.5, 0.6) is 0 Å². The van der Waals surface area contributed by atoms with Gasteiger partial charge in [0.25, 0.3) is 0 Å². The molecule has 30 heavy (non-hydrogen) atoms. The van der Waals surface area contributed by atoms with Crippen molar-refractivity contribution in [1.82, 2.24) is 14.7 Å². The first kappa shape index (κ1) is 22.1. The molecule has 0 saturated carbocycles. The highest BCUT2D eigenvalue weighted by molar-refractivity contribution is 6.00. The Morgan fingerprint density at radius 2 is 1.87 bits per heavy atom. The average Bonchev–Trinajstić information content (AvgIpc) is 2.93. The van der Waals surface area contributed by atoms with E-state index in [1.807, 2.05) is 20.8 Å². The molecule has 0 atom stereocenters. The fourth-order valence-corrected chi connectivity index (χ4v) is 3.44. The molecule has 0 unspecified atom stereocenters. The molecule has 2 aromatic rings. The van der Waals surface area contributed by atoms with Crippen LogP contribution in [0.2, 0.25) is 0 Å². The van der Waals surface area contributed by atoms with Gasteiger partial charge >= 0.3 is 12.3 Å². The molecule has 0 N–H and O–H groups in total. The van der Waals surface area contributed by atoms with Gasteiger partial charge in [0, 0.05) is 49.1 Å². The summed E-state index contributed by atoms with van der Waals surface area (Å²) in [5.74, 6) is -0.285. The summed E-state index contributed by atoms with van der Waals surface area (Å²) >= 11 is 0. The predicted molar refractivity (Wildman–Crippen MR) is 105 cm³/mol. The third-order valence-electron chi connectivity index (χ3n) is 4.89. The first-order valence-electron chi connectivity index (χ1n) is 9.86.